The van der Waals surface area contributed by atoms with E-state index in [2.05, 4.69) is 27.0 Å². The Labute approximate surface area is 204 Å². The van der Waals surface area contributed by atoms with E-state index in [-0.39, 0.29) is 11.6 Å². The molecule has 8 nitrogen and oxygen atoms in total. The smallest absolute Gasteiger partial charge is 0.335 e. The van der Waals surface area contributed by atoms with E-state index in [1.165, 1.54) is 12.8 Å². The van der Waals surface area contributed by atoms with Gasteiger partial charge in [0.05, 0.1) is 11.9 Å². The molecule has 0 spiro atoms. The largest absolute Gasteiger partial charge is 0.478 e. The molecule has 1 atom stereocenters. The Hall–Kier alpha value is -3.78. The molecule has 0 amide bonds. The first-order valence-electron chi connectivity index (χ1n) is 12.1. The number of hydrogen-bond acceptors (Lipinski definition) is 6. The molecule has 0 bridgehead atoms. The maximum Gasteiger partial charge on any atom is 0.335 e. The zero-order chi connectivity index (χ0) is 24.4. The lowest BCUT2D eigenvalue weighted by atomic mass is 10.0. The van der Waals surface area contributed by atoms with Crippen molar-refractivity contribution < 1.29 is 9.90 Å². The minimum atomic E-state index is -0.922. The molecule has 0 aliphatic heterocycles. The Morgan fingerprint density at radius 1 is 1.09 bits per heavy atom. The summed E-state index contributed by atoms with van der Waals surface area (Å²) < 4.78 is 2.21. The molecule has 180 valence electrons. The minimum absolute atomic E-state index is 0.0275. The van der Waals surface area contributed by atoms with Crippen LogP contribution in [-0.4, -0.2) is 36.6 Å². The van der Waals surface area contributed by atoms with Gasteiger partial charge in [-0.3, -0.25) is 0 Å². The number of carboxylic acids is 1. The fourth-order valence-corrected chi connectivity index (χ4v) is 4.72. The fourth-order valence-electron chi connectivity index (χ4n) is 4.72. The second-order valence-corrected chi connectivity index (χ2v) is 9.37. The zero-order valence-corrected chi connectivity index (χ0v) is 19.8. The van der Waals surface area contributed by atoms with Crippen molar-refractivity contribution in [2.75, 3.05) is 5.32 Å². The van der Waals surface area contributed by atoms with Crippen LogP contribution in [0.25, 0.3) is 22.3 Å². The number of fused-ring (bicyclic) bond motifs is 1. The van der Waals surface area contributed by atoms with Crippen LogP contribution in [0.3, 0.4) is 0 Å². The Morgan fingerprint density at radius 3 is 2.37 bits per heavy atom. The highest BCUT2D eigenvalue weighted by Crippen LogP contribution is 2.33. The number of nitrogens with zero attached hydrogens (tertiary/aromatic N) is 4. The molecule has 1 fully saturated rings. The Balaban J connectivity index is 1.36. The summed E-state index contributed by atoms with van der Waals surface area (Å²) >= 11 is 0. The van der Waals surface area contributed by atoms with E-state index in [9.17, 15) is 4.79 Å². The molecule has 8 heteroatoms. The van der Waals surface area contributed by atoms with Crippen LogP contribution in [0.15, 0.2) is 54.9 Å². The molecule has 4 N–H and O–H groups in total. The summed E-state index contributed by atoms with van der Waals surface area (Å²) in [5, 5.41) is 12.6. The van der Waals surface area contributed by atoms with Crippen LogP contribution >= 0.6 is 0 Å². The van der Waals surface area contributed by atoms with Crippen molar-refractivity contribution in [3.63, 3.8) is 0 Å². The van der Waals surface area contributed by atoms with Crippen molar-refractivity contribution in [1.29, 1.82) is 0 Å². The lowest BCUT2D eigenvalue weighted by Gasteiger charge is -2.14. The van der Waals surface area contributed by atoms with Gasteiger partial charge in [-0.15, -0.1) is 0 Å². The second kappa shape index (κ2) is 9.84. The number of anilines is 1. The van der Waals surface area contributed by atoms with Gasteiger partial charge in [0.25, 0.3) is 0 Å². The molecule has 2 aromatic heterocycles. The normalized spacial score (nSPS) is 14.9. The quantitative estimate of drug-likeness (QED) is 0.338. The molecular weight excluding hydrogens is 440 g/mol. The fraction of sp³-hybridized carbons (Fsp3) is 0.333. The second-order valence-electron chi connectivity index (χ2n) is 9.37. The number of rotatable bonds is 8. The molecular formula is C27H30N6O2. The van der Waals surface area contributed by atoms with Gasteiger partial charge in [-0.25, -0.2) is 19.7 Å². The first kappa shape index (κ1) is 23.0. The van der Waals surface area contributed by atoms with Crippen LogP contribution < -0.4 is 11.1 Å². The molecule has 5 rings (SSSR count). The summed E-state index contributed by atoms with van der Waals surface area (Å²) in [5.41, 5.74) is 11.1. The van der Waals surface area contributed by atoms with Crippen molar-refractivity contribution in [1.82, 2.24) is 19.5 Å². The number of carbonyl (C=O) groups is 1. The van der Waals surface area contributed by atoms with Gasteiger partial charge < -0.3 is 20.7 Å². The molecule has 2 heterocycles. The van der Waals surface area contributed by atoms with Gasteiger partial charge in [0.15, 0.2) is 11.5 Å². The third-order valence-corrected chi connectivity index (χ3v) is 6.57. The van der Waals surface area contributed by atoms with Crippen LogP contribution in [0.4, 0.5) is 5.82 Å². The van der Waals surface area contributed by atoms with E-state index in [1.54, 1.807) is 12.1 Å². The predicted octanol–water partition coefficient (Wildman–Crippen LogP) is 4.81. The summed E-state index contributed by atoms with van der Waals surface area (Å²) in [5.74, 6) is 0.541. The topological polar surface area (TPSA) is 119 Å². The average molecular weight is 471 g/mol. The summed E-state index contributed by atoms with van der Waals surface area (Å²) in [7, 11) is 0. The van der Waals surface area contributed by atoms with Gasteiger partial charge in [-0.1, -0.05) is 49.2 Å². The number of benzene rings is 2. The molecule has 0 radical (unpaired) electrons. The minimum Gasteiger partial charge on any atom is -0.478 e. The van der Waals surface area contributed by atoms with E-state index in [4.69, 9.17) is 20.8 Å². The zero-order valence-electron chi connectivity index (χ0n) is 19.8. The van der Waals surface area contributed by atoms with Crippen LogP contribution in [0, 0.1) is 0 Å². The van der Waals surface area contributed by atoms with Crippen molar-refractivity contribution in [3.8, 4) is 11.1 Å². The molecule has 1 aliphatic rings. The number of hydrogen-bond donors (Lipinski definition) is 3. The molecule has 1 saturated carbocycles. The van der Waals surface area contributed by atoms with Crippen LogP contribution in [-0.2, 0) is 13.0 Å². The van der Waals surface area contributed by atoms with Gasteiger partial charge in [0.1, 0.15) is 11.3 Å². The Kier molecular flexibility index (Phi) is 6.46. The van der Waals surface area contributed by atoms with E-state index in [0.29, 0.717) is 19.0 Å². The number of aromatic nitrogens is 4. The molecule has 1 aliphatic carbocycles. The van der Waals surface area contributed by atoms with Crippen molar-refractivity contribution in [3.05, 3.63) is 71.8 Å². The van der Waals surface area contributed by atoms with Crippen LogP contribution in [0.2, 0.25) is 0 Å². The number of nitrogens with two attached hydrogens (primary N) is 1. The Morgan fingerprint density at radius 2 is 1.74 bits per heavy atom. The predicted molar refractivity (Wildman–Crippen MR) is 136 cm³/mol. The van der Waals surface area contributed by atoms with E-state index >= 15 is 0 Å². The highest BCUT2D eigenvalue weighted by Gasteiger charge is 2.22. The summed E-state index contributed by atoms with van der Waals surface area (Å²) in [4.78, 5) is 25.3. The molecule has 35 heavy (non-hydrogen) atoms. The summed E-state index contributed by atoms with van der Waals surface area (Å²) in [6.07, 6.45) is 7.31. The van der Waals surface area contributed by atoms with E-state index in [1.807, 2.05) is 37.5 Å². The van der Waals surface area contributed by atoms with E-state index < -0.39 is 5.97 Å². The summed E-state index contributed by atoms with van der Waals surface area (Å²) in [6, 6.07) is 15.5. The van der Waals surface area contributed by atoms with Crippen molar-refractivity contribution in [2.24, 2.45) is 5.73 Å². The van der Waals surface area contributed by atoms with Gasteiger partial charge >= 0.3 is 5.97 Å². The number of nitrogens with one attached hydrogen (secondary N) is 1. The number of aromatic carboxylic acids is 1. The van der Waals surface area contributed by atoms with Gasteiger partial charge in [-0.05, 0) is 48.6 Å². The third-order valence-electron chi connectivity index (χ3n) is 6.57. The number of carboxylic acid groups (broad SMARTS) is 1. The maximum absolute atomic E-state index is 11.1. The highest BCUT2D eigenvalue weighted by atomic mass is 16.4. The number of imidazole rings is 1. The SMILES string of the molecule is CC(N)Cc1nc(NCc2ccc(-c3ccc(C(=O)O)cc3)cc2)c2ncn(C3CCCC3)c2n1. The van der Waals surface area contributed by atoms with Crippen LogP contribution in [0.1, 0.15) is 60.4 Å². The van der Waals surface area contributed by atoms with Crippen molar-refractivity contribution in [2.45, 2.75) is 57.7 Å². The maximum atomic E-state index is 11.1. The average Bonchev–Trinajstić information content (AvgIpc) is 3.52. The first-order chi connectivity index (χ1) is 17.0. The van der Waals surface area contributed by atoms with Crippen molar-refractivity contribution >= 4 is 23.0 Å². The lowest BCUT2D eigenvalue weighted by molar-refractivity contribution is 0.0697. The molecule has 2 aromatic carbocycles. The van der Waals surface area contributed by atoms with Gasteiger partial charge in [0.2, 0.25) is 0 Å². The van der Waals surface area contributed by atoms with Crippen LogP contribution in [0.5, 0.6) is 0 Å². The lowest BCUT2D eigenvalue weighted by Crippen LogP contribution is -2.20. The standard InChI is InChI=1S/C27H30N6O2/c1-17(28)14-23-31-25(24-26(32-23)33(16-30-24)22-4-2-3-5-22)29-15-18-6-8-19(9-7-18)20-10-12-21(13-11-20)27(34)35/h6-13,16-17,22H,2-5,14-15,28H2,1H3,(H,34,35)(H,29,31,32). The highest BCUT2D eigenvalue weighted by molar-refractivity contribution is 5.88. The van der Waals surface area contributed by atoms with Gasteiger partial charge in [-0.2, -0.15) is 0 Å². The molecule has 1 unspecified atom stereocenters. The Bertz CT molecular complexity index is 1320. The van der Waals surface area contributed by atoms with E-state index in [0.717, 1.165) is 52.3 Å². The summed E-state index contributed by atoms with van der Waals surface area (Å²) in [6.45, 7) is 2.56. The molecule has 4 aromatic rings. The molecule has 0 saturated heterocycles. The monoisotopic (exact) mass is 470 g/mol. The first-order valence-corrected chi connectivity index (χ1v) is 12.1. The van der Waals surface area contributed by atoms with Gasteiger partial charge in [0, 0.05) is 25.0 Å². The third kappa shape index (κ3) is 5.02.